The molecule has 3 rings (SSSR count). The first-order chi connectivity index (χ1) is 12.4. The smallest absolute Gasteiger partial charge is 0.244 e. The lowest BCUT2D eigenvalue weighted by molar-refractivity contribution is 0.386. The molecule has 2 aromatic rings. The number of methoxy groups -OCH3 is 3. The topological polar surface area (TPSA) is 73.9 Å². The van der Waals surface area contributed by atoms with Crippen LogP contribution >= 0.6 is 0 Å². The quantitative estimate of drug-likeness (QED) is 0.766. The Morgan fingerprint density at radius 1 is 0.923 bits per heavy atom. The zero-order valence-corrected chi connectivity index (χ0v) is 15.9. The molecule has 0 aliphatic heterocycles. The minimum Gasteiger partial charge on any atom is -0.497 e. The molecule has 0 spiro atoms. The highest BCUT2D eigenvalue weighted by Crippen LogP contribution is 2.48. The largest absolute Gasteiger partial charge is 0.497 e. The summed E-state index contributed by atoms with van der Waals surface area (Å²) >= 11 is 0. The number of hydrogen-bond acceptors (Lipinski definition) is 5. The molecule has 0 amide bonds. The van der Waals surface area contributed by atoms with Gasteiger partial charge in [0.2, 0.25) is 10.0 Å². The summed E-state index contributed by atoms with van der Waals surface area (Å²) in [6.07, 6.45) is 1.89. The van der Waals surface area contributed by atoms with E-state index in [-0.39, 0.29) is 16.1 Å². The van der Waals surface area contributed by atoms with Gasteiger partial charge in [0, 0.05) is 18.0 Å². The van der Waals surface area contributed by atoms with E-state index in [1.165, 1.54) is 20.3 Å². The molecule has 7 heteroatoms. The van der Waals surface area contributed by atoms with Crippen LogP contribution in [0.4, 0.5) is 0 Å². The first-order valence-electron chi connectivity index (χ1n) is 8.30. The van der Waals surface area contributed by atoms with Crippen molar-refractivity contribution in [3.63, 3.8) is 0 Å². The van der Waals surface area contributed by atoms with Gasteiger partial charge in [-0.05, 0) is 42.7 Å². The maximum Gasteiger partial charge on any atom is 0.244 e. The second kappa shape index (κ2) is 7.17. The van der Waals surface area contributed by atoms with E-state index >= 15 is 0 Å². The third kappa shape index (κ3) is 3.64. The van der Waals surface area contributed by atoms with Gasteiger partial charge < -0.3 is 14.2 Å². The third-order valence-corrected chi connectivity index (χ3v) is 6.26. The number of ether oxygens (including phenoxy) is 3. The molecule has 0 bridgehead atoms. The Morgan fingerprint density at radius 2 is 1.54 bits per heavy atom. The first-order valence-corrected chi connectivity index (χ1v) is 9.79. The summed E-state index contributed by atoms with van der Waals surface area (Å²) in [6, 6.07) is 12.4. The molecule has 0 aromatic heterocycles. The Kier molecular flexibility index (Phi) is 5.11. The lowest BCUT2D eigenvalue weighted by atomic mass is 9.96. The fourth-order valence-corrected chi connectivity index (χ4v) is 4.25. The van der Waals surface area contributed by atoms with Crippen LogP contribution in [-0.4, -0.2) is 36.3 Å². The van der Waals surface area contributed by atoms with E-state index in [9.17, 15) is 8.42 Å². The summed E-state index contributed by atoms with van der Waals surface area (Å²) in [7, 11) is 0.885. The minimum absolute atomic E-state index is 0.103. The predicted octanol–water partition coefficient (Wildman–Crippen LogP) is 2.72. The maximum absolute atomic E-state index is 12.8. The Morgan fingerprint density at radius 3 is 2.08 bits per heavy atom. The molecular weight excluding hydrogens is 354 g/mol. The number of nitrogens with one attached hydrogen (secondary N) is 1. The highest BCUT2D eigenvalue weighted by atomic mass is 32.2. The van der Waals surface area contributed by atoms with Gasteiger partial charge in [0.15, 0.2) is 0 Å². The average Bonchev–Trinajstić information content (AvgIpc) is 3.47. The number of sulfonamides is 1. The van der Waals surface area contributed by atoms with Crippen molar-refractivity contribution >= 4 is 10.0 Å². The molecule has 6 nitrogen and oxygen atoms in total. The molecule has 0 heterocycles. The lowest BCUT2D eigenvalue weighted by Crippen LogP contribution is -2.32. The molecule has 1 N–H and O–H groups in total. The second-order valence-electron chi connectivity index (χ2n) is 6.35. The molecule has 1 aliphatic carbocycles. The Labute approximate surface area is 154 Å². The number of rotatable bonds is 8. The van der Waals surface area contributed by atoms with Gasteiger partial charge in [0.05, 0.1) is 21.3 Å². The molecule has 26 heavy (non-hydrogen) atoms. The fraction of sp³-hybridized carbons (Fsp3) is 0.368. The second-order valence-corrected chi connectivity index (χ2v) is 8.09. The van der Waals surface area contributed by atoms with Crippen LogP contribution in [0.15, 0.2) is 47.4 Å². The molecule has 0 unspecified atom stereocenters. The van der Waals surface area contributed by atoms with Gasteiger partial charge >= 0.3 is 0 Å². The van der Waals surface area contributed by atoms with Crippen LogP contribution in [0, 0.1) is 0 Å². The van der Waals surface area contributed by atoms with Crippen molar-refractivity contribution in [2.45, 2.75) is 23.2 Å². The van der Waals surface area contributed by atoms with Gasteiger partial charge in [-0.1, -0.05) is 12.1 Å². The molecule has 0 radical (unpaired) electrons. The SMILES string of the molecule is COc1ccc(C2(CNS(=O)(=O)c3ccc(OC)cc3OC)CC2)cc1. The molecular formula is C19H23NO5S. The summed E-state index contributed by atoms with van der Waals surface area (Å²) in [5, 5.41) is 0. The van der Waals surface area contributed by atoms with Crippen LogP contribution in [0.1, 0.15) is 18.4 Å². The highest BCUT2D eigenvalue weighted by Gasteiger charge is 2.45. The van der Waals surface area contributed by atoms with Crippen molar-refractivity contribution in [2.24, 2.45) is 0 Å². The Balaban J connectivity index is 1.78. The number of hydrogen-bond donors (Lipinski definition) is 1. The van der Waals surface area contributed by atoms with Crippen molar-refractivity contribution in [1.29, 1.82) is 0 Å². The van der Waals surface area contributed by atoms with Gasteiger partial charge in [-0.2, -0.15) is 0 Å². The summed E-state index contributed by atoms with van der Waals surface area (Å²) in [6.45, 7) is 0.344. The van der Waals surface area contributed by atoms with Crippen molar-refractivity contribution in [3.05, 3.63) is 48.0 Å². The van der Waals surface area contributed by atoms with E-state index in [1.807, 2.05) is 24.3 Å². The van der Waals surface area contributed by atoms with Crippen molar-refractivity contribution in [2.75, 3.05) is 27.9 Å². The molecule has 0 atom stereocenters. The van der Waals surface area contributed by atoms with Crippen LogP contribution in [0.2, 0.25) is 0 Å². The standard InChI is InChI=1S/C19H23NO5S/c1-23-15-6-4-14(5-7-15)19(10-11-19)13-20-26(21,22)18-9-8-16(24-2)12-17(18)25-3/h4-9,12,20H,10-11,13H2,1-3H3. The van der Waals surface area contributed by atoms with E-state index < -0.39 is 10.0 Å². The van der Waals surface area contributed by atoms with E-state index in [0.717, 1.165) is 24.2 Å². The van der Waals surface area contributed by atoms with E-state index in [0.29, 0.717) is 12.3 Å². The van der Waals surface area contributed by atoms with Crippen molar-refractivity contribution in [3.8, 4) is 17.2 Å². The summed E-state index contributed by atoms with van der Waals surface area (Å²) in [5.41, 5.74) is 0.960. The molecule has 1 fully saturated rings. The monoisotopic (exact) mass is 377 g/mol. The van der Waals surface area contributed by atoms with Gasteiger partial charge in [-0.15, -0.1) is 0 Å². The zero-order valence-electron chi connectivity index (χ0n) is 15.1. The van der Waals surface area contributed by atoms with Crippen molar-refractivity contribution in [1.82, 2.24) is 4.72 Å². The van der Waals surface area contributed by atoms with Crippen molar-refractivity contribution < 1.29 is 22.6 Å². The minimum atomic E-state index is -3.70. The zero-order chi connectivity index (χ0) is 18.8. The lowest BCUT2D eigenvalue weighted by Gasteiger charge is -2.18. The Hall–Kier alpha value is -2.25. The van der Waals surface area contributed by atoms with Crippen LogP contribution in [-0.2, 0) is 15.4 Å². The third-order valence-electron chi connectivity index (χ3n) is 4.82. The predicted molar refractivity (Wildman–Crippen MR) is 98.6 cm³/mol. The van der Waals surface area contributed by atoms with Crippen LogP contribution in [0.5, 0.6) is 17.2 Å². The fourth-order valence-electron chi connectivity index (χ4n) is 2.97. The summed E-state index contributed by atoms with van der Waals surface area (Å²) in [4.78, 5) is 0.103. The number of benzene rings is 2. The maximum atomic E-state index is 12.8. The van der Waals surface area contributed by atoms with Gasteiger partial charge in [-0.3, -0.25) is 0 Å². The van der Waals surface area contributed by atoms with E-state index in [4.69, 9.17) is 14.2 Å². The molecule has 1 saturated carbocycles. The summed E-state index contributed by atoms with van der Waals surface area (Å²) in [5.74, 6) is 1.58. The molecule has 2 aromatic carbocycles. The van der Waals surface area contributed by atoms with Gasteiger partial charge in [0.25, 0.3) is 0 Å². The molecule has 140 valence electrons. The van der Waals surface area contributed by atoms with Gasteiger partial charge in [0.1, 0.15) is 22.1 Å². The molecule has 1 aliphatic rings. The molecule has 0 saturated heterocycles. The van der Waals surface area contributed by atoms with Crippen LogP contribution in [0.3, 0.4) is 0 Å². The summed E-state index contributed by atoms with van der Waals surface area (Å²) < 4.78 is 43.8. The normalized spacial score (nSPS) is 15.3. The highest BCUT2D eigenvalue weighted by molar-refractivity contribution is 7.89. The van der Waals surface area contributed by atoms with E-state index in [1.54, 1.807) is 19.2 Å². The Bertz CT molecular complexity index is 873. The first kappa shape index (κ1) is 18.5. The van der Waals surface area contributed by atoms with Crippen LogP contribution < -0.4 is 18.9 Å². The van der Waals surface area contributed by atoms with E-state index in [2.05, 4.69) is 4.72 Å². The average molecular weight is 377 g/mol. The van der Waals surface area contributed by atoms with Gasteiger partial charge in [-0.25, -0.2) is 13.1 Å². The van der Waals surface area contributed by atoms with Crippen LogP contribution in [0.25, 0.3) is 0 Å².